The molecule has 1 saturated carbocycles. The van der Waals surface area contributed by atoms with Gasteiger partial charge in [-0.25, -0.2) is 0 Å². The van der Waals surface area contributed by atoms with Crippen LogP contribution < -0.4 is 9.64 Å². The van der Waals surface area contributed by atoms with Crippen LogP contribution in [0.25, 0.3) is 0 Å². The highest BCUT2D eigenvalue weighted by Crippen LogP contribution is 2.30. The molecule has 2 rings (SSSR count). The molecule has 0 aromatic heterocycles. The Morgan fingerprint density at radius 1 is 1.18 bits per heavy atom. The van der Waals surface area contributed by atoms with Crippen molar-refractivity contribution in [1.29, 1.82) is 0 Å². The first-order valence-corrected chi connectivity index (χ1v) is 6.67. The highest BCUT2D eigenvalue weighted by Gasteiger charge is 2.26. The number of hydrogen-bond acceptors (Lipinski definition) is 2. The van der Waals surface area contributed by atoms with Crippen molar-refractivity contribution in [2.45, 2.75) is 37.1 Å². The van der Waals surface area contributed by atoms with Crippen LogP contribution >= 0.6 is 11.6 Å². The predicted octanol–water partition coefficient (Wildman–Crippen LogP) is 3.68. The van der Waals surface area contributed by atoms with Gasteiger partial charge in [0.2, 0.25) is 0 Å². The smallest absolute Gasteiger partial charge is 0.119 e. The molecule has 0 aliphatic heterocycles. The van der Waals surface area contributed by atoms with Gasteiger partial charge in [-0.15, -0.1) is 11.6 Å². The van der Waals surface area contributed by atoms with Gasteiger partial charge in [-0.2, -0.15) is 0 Å². The second-order valence-electron chi connectivity index (χ2n) is 4.68. The first-order valence-electron chi connectivity index (χ1n) is 6.23. The molecule has 0 unspecified atom stereocenters. The van der Waals surface area contributed by atoms with Gasteiger partial charge in [0.15, 0.2) is 0 Å². The Morgan fingerprint density at radius 2 is 1.82 bits per heavy atom. The van der Waals surface area contributed by atoms with Crippen LogP contribution in [0.3, 0.4) is 0 Å². The minimum Gasteiger partial charge on any atom is -0.497 e. The van der Waals surface area contributed by atoms with Crippen LogP contribution in [0.15, 0.2) is 24.3 Å². The molecule has 1 fully saturated rings. The van der Waals surface area contributed by atoms with Gasteiger partial charge in [0.05, 0.1) is 12.5 Å². The van der Waals surface area contributed by atoms with Crippen molar-refractivity contribution in [3.05, 3.63) is 24.3 Å². The van der Waals surface area contributed by atoms with E-state index in [4.69, 9.17) is 16.3 Å². The molecular weight excluding hydrogens is 234 g/mol. The lowest BCUT2D eigenvalue weighted by Crippen LogP contribution is -2.40. The molecule has 3 heteroatoms. The van der Waals surface area contributed by atoms with E-state index in [0.29, 0.717) is 6.04 Å². The summed E-state index contributed by atoms with van der Waals surface area (Å²) in [6, 6.07) is 8.64. The molecule has 0 bridgehead atoms. The number of halogens is 1. The van der Waals surface area contributed by atoms with Gasteiger partial charge in [0.25, 0.3) is 0 Å². The van der Waals surface area contributed by atoms with Crippen molar-refractivity contribution in [1.82, 2.24) is 0 Å². The maximum atomic E-state index is 6.42. The fraction of sp³-hybridized carbons (Fsp3) is 0.571. The van der Waals surface area contributed by atoms with Crippen molar-refractivity contribution in [3.63, 3.8) is 0 Å². The largest absolute Gasteiger partial charge is 0.497 e. The van der Waals surface area contributed by atoms with Crippen molar-refractivity contribution >= 4 is 17.3 Å². The first-order chi connectivity index (χ1) is 8.22. The third-order valence-corrected chi connectivity index (χ3v) is 4.13. The number of methoxy groups -OCH3 is 1. The molecule has 1 aliphatic carbocycles. The Hall–Kier alpha value is -0.890. The van der Waals surface area contributed by atoms with Gasteiger partial charge in [0.1, 0.15) is 5.75 Å². The summed E-state index contributed by atoms with van der Waals surface area (Å²) in [4.78, 5) is 2.30. The van der Waals surface area contributed by atoms with Crippen LogP contribution in [-0.2, 0) is 0 Å². The van der Waals surface area contributed by atoms with Gasteiger partial charge < -0.3 is 9.64 Å². The van der Waals surface area contributed by atoms with Gasteiger partial charge >= 0.3 is 0 Å². The second-order valence-corrected chi connectivity index (χ2v) is 5.24. The maximum Gasteiger partial charge on any atom is 0.119 e. The van der Waals surface area contributed by atoms with E-state index < -0.39 is 0 Å². The van der Waals surface area contributed by atoms with Crippen molar-refractivity contribution in [3.8, 4) is 5.75 Å². The van der Waals surface area contributed by atoms with E-state index in [1.54, 1.807) is 7.11 Å². The third kappa shape index (κ3) is 2.86. The molecule has 0 saturated heterocycles. The summed E-state index contributed by atoms with van der Waals surface area (Å²) >= 11 is 6.42. The second kappa shape index (κ2) is 5.63. The minimum atomic E-state index is 0.274. The molecule has 94 valence electrons. The van der Waals surface area contributed by atoms with Crippen LogP contribution in [0.5, 0.6) is 5.75 Å². The summed E-state index contributed by atoms with van der Waals surface area (Å²) in [6.07, 6.45) is 4.87. The molecule has 0 spiro atoms. The maximum absolute atomic E-state index is 6.42. The molecule has 0 heterocycles. The topological polar surface area (TPSA) is 12.5 Å². The summed E-state index contributed by atoms with van der Waals surface area (Å²) in [7, 11) is 3.82. The van der Waals surface area contributed by atoms with Crippen LogP contribution in [0.4, 0.5) is 5.69 Å². The fourth-order valence-corrected chi connectivity index (χ4v) is 2.96. The fourth-order valence-electron chi connectivity index (χ4n) is 2.51. The summed E-state index contributed by atoms with van der Waals surface area (Å²) in [5.74, 6) is 0.896. The summed E-state index contributed by atoms with van der Waals surface area (Å²) < 4.78 is 5.17. The molecule has 0 N–H and O–H groups in total. The zero-order valence-electron chi connectivity index (χ0n) is 10.5. The lowest BCUT2D eigenvalue weighted by atomic mass is 9.93. The normalized spacial score (nSPS) is 24.4. The standard InChI is InChI=1S/C14H20ClNO/c1-16(14-6-4-3-5-13(14)15)11-7-9-12(17-2)10-8-11/h7-10,13-14H,3-6H2,1-2H3/t13-,14-/m1/s1. The number of anilines is 1. The van der Waals surface area contributed by atoms with E-state index in [1.165, 1.54) is 24.9 Å². The van der Waals surface area contributed by atoms with Gasteiger partial charge in [-0.05, 0) is 37.1 Å². The number of alkyl halides is 1. The quantitative estimate of drug-likeness (QED) is 0.762. The minimum absolute atomic E-state index is 0.274. The Balaban J connectivity index is 2.09. The Morgan fingerprint density at radius 3 is 2.41 bits per heavy atom. The average molecular weight is 254 g/mol. The molecule has 2 nitrogen and oxygen atoms in total. The molecule has 0 amide bonds. The van der Waals surface area contributed by atoms with E-state index in [2.05, 4.69) is 24.1 Å². The Labute approximate surface area is 109 Å². The molecule has 1 aliphatic rings. The summed E-state index contributed by atoms with van der Waals surface area (Å²) in [5, 5.41) is 0.274. The molecule has 1 aromatic carbocycles. The van der Waals surface area contributed by atoms with Gasteiger partial charge in [-0.3, -0.25) is 0 Å². The SMILES string of the molecule is COc1ccc(N(C)[C@@H]2CCCC[C@H]2Cl)cc1. The zero-order valence-corrected chi connectivity index (χ0v) is 11.3. The molecular formula is C14H20ClNO. The van der Waals surface area contributed by atoms with Gasteiger partial charge in [-0.1, -0.05) is 12.8 Å². The van der Waals surface area contributed by atoms with E-state index in [1.807, 2.05) is 12.1 Å². The van der Waals surface area contributed by atoms with E-state index >= 15 is 0 Å². The van der Waals surface area contributed by atoms with E-state index in [9.17, 15) is 0 Å². The Bertz CT molecular complexity index is 352. The van der Waals surface area contributed by atoms with Crippen molar-refractivity contribution < 1.29 is 4.74 Å². The van der Waals surface area contributed by atoms with E-state index in [0.717, 1.165) is 12.2 Å². The third-order valence-electron chi connectivity index (χ3n) is 3.62. The zero-order chi connectivity index (χ0) is 12.3. The number of rotatable bonds is 3. The number of benzene rings is 1. The van der Waals surface area contributed by atoms with Crippen molar-refractivity contribution in [2.75, 3.05) is 19.1 Å². The molecule has 0 radical (unpaired) electrons. The average Bonchev–Trinajstić information content (AvgIpc) is 2.39. The van der Waals surface area contributed by atoms with Gasteiger partial charge in [0, 0.05) is 18.8 Å². The summed E-state index contributed by atoms with van der Waals surface area (Å²) in [6.45, 7) is 0. The molecule has 1 aromatic rings. The first kappa shape index (κ1) is 12.6. The van der Waals surface area contributed by atoms with Crippen LogP contribution in [0, 0.1) is 0 Å². The lowest BCUT2D eigenvalue weighted by Gasteiger charge is -2.36. The summed E-state index contributed by atoms with van der Waals surface area (Å²) in [5.41, 5.74) is 1.21. The molecule has 2 atom stereocenters. The number of ether oxygens (including phenoxy) is 1. The number of nitrogens with zero attached hydrogens (tertiary/aromatic N) is 1. The van der Waals surface area contributed by atoms with E-state index in [-0.39, 0.29) is 5.38 Å². The lowest BCUT2D eigenvalue weighted by molar-refractivity contribution is 0.414. The van der Waals surface area contributed by atoms with Crippen LogP contribution in [0.2, 0.25) is 0 Å². The van der Waals surface area contributed by atoms with Crippen molar-refractivity contribution in [2.24, 2.45) is 0 Å². The highest BCUT2D eigenvalue weighted by atomic mass is 35.5. The predicted molar refractivity (Wildman–Crippen MR) is 73.3 cm³/mol. The number of hydrogen-bond donors (Lipinski definition) is 0. The monoisotopic (exact) mass is 253 g/mol. The van der Waals surface area contributed by atoms with Crippen LogP contribution in [-0.4, -0.2) is 25.6 Å². The Kier molecular flexibility index (Phi) is 4.16. The van der Waals surface area contributed by atoms with Crippen LogP contribution in [0.1, 0.15) is 25.7 Å². The molecule has 17 heavy (non-hydrogen) atoms. The highest BCUT2D eigenvalue weighted by molar-refractivity contribution is 6.21.